The zero-order valence-electron chi connectivity index (χ0n) is 10.9. The minimum Gasteiger partial charge on any atom is -0.369 e. The van der Waals surface area contributed by atoms with Crippen molar-refractivity contribution >= 4 is 38.9 Å². The van der Waals surface area contributed by atoms with Gasteiger partial charge in [0.05, 0.1) is 12.2 Å². The first kappa shape index (κ1) is 16.4. The van der Waals surface area contributed by atoms with Gasteiger partial charge in [-0.05, 0) is 12.8 Å². The molecular formula is C10H16ClN3O3S2. The van der Waals surface area contributed by atoms with Crippen LogP contribution in [0.1, 0.15) is 19.5 Å². The van der Waals surface area contributed by atoms with Crippen molar-refractivity contribution in [3.63, 3.8) is 0 Å². The van der Waals surface area contributed by atoms with Gasteiger partial charge in [-0.1, -0.05) is 36.8 Å². The monoisotopic (exact) mass is 325 g/mol. The number of carbonyl (C=O) groups excluding carboxylic acids is 1. The number of hydrogen-bond acceptors (Lipinski definition) is 5. The van der Waals surface area contributed by atoms with Crippen LogP contribution >= 0.6 is 22.9 Å². The van der Waals surface area contributed by atoms with Gasteiger partial charge in [0.2, 0.25) is 5.91 Å². The maximum atomic E-state index is 12.5. The Balaban J connectivity index is 3.18. The molecule has 6 nitrogen and oxygen atoms in total. The summed E-state index contributed by atoms with van der Waals surface area (Å²) >= 11 is 6.60. The van der Waals surface area contributed by atoms with Crippen molar-refractivity contribution in [2.75, 3.05) is 13.1 Å². The highest BCUT2D eigenvalue weighted by molar-refractivity contribution is 7.91. The molecular weight excluding hydrogens is 310 g/mol. The van der Waals surface area contributed by atoms with E-state index in [1.165, 1.54) is 0 Å². The normalized spacial score (nSPS) is 12.3. The molecule has 1 rings (SSSR count). The number of aryl methyl sites for hydroxylation is 1. The third-order valence-corrected chi connectivity index (χ3v) is 5.86. The fourth-order valence-electron chi connectivity index (χ4n) is 1.54. The minimum atomic E-state index is -3.80. The first-order valence-electron chi connectivity index (χ1n) is 5.56. The lowest BCUT2D eigenvalue weighted by Crippen LogP contribution is -2.40. The molecule has 0 bridgehead atoms. The highest BCUT2D eigenvalue weighted by Crippen LogP contribution is 2.29. The first-order valence-corrected chi connectivity index (χ1v) is 8.19. The Hall–Kier alpha value is -0.700. The predicted octanol–water partition coefficient (Wildman–Crippen LogP) is 1.24. The molecule has 108 valence electrons. The average molecular weight is 326 g/mol. The lowest BCUT2D eigenvalue weighted by molar-refractivity contribution is -0.118. The van der Waals surface area contributed by atoms with Gasteiger partial charge in [0.25, 0.3) is 10.0 Å². The van der Waals surface area contributed by atoms with Crippen LogP contribution in [0.25, 0.3) is 0 Å². The number of nitrogens with two attached hydrogens (primary N) is 1. The minimum absolute atomic E-state index is 0.0550. The Labute approximate surface area is 121 Å². The smallest absolute Gasteiger partial charge is 0.254 e. The van der Waals surface area contributed by atoms with Crippen molar-refractivity contribution in [1.29, 1.82) is 0 Å². The summed E-state index contributed by atoms with van der Waals surface area (Å²) < 4.78 is 26.2. The van der Waals surface area contributed by atoms with Crippen LogP contribution < -0.4 is 5.73 Å². The second-order valence-corrected chi connectivity index (χ2v) is 8.21. The Morgan fingerprint density at radius 3 is 2.47 bits per heavy atom. The van der Waals surface area contributed by atoms with Crippen molar-refractivity contribution in [2.24, 2.45) is 11.7 Å². The number of nitrogens with zero attached hydrogens (tertiary/aromatic N) is 2. The molecule has 0 aliphatic heterocycles. The van der Waals surface area contributed by atoms with Gasteiger partial charge in [-0.15, -0.1) is 0 Å². The average Bonchev–Trinajstić information content (AvgIpc) is 2.56. The van der Waals surface area contributed by atoms with E-state index in [1.54, 1.807) is 6.92 Å². The summed E-state index contributed by atoms with van der Waals surface area (Å²) in [6.07, 6.45) is 0. The highest BCUT2D eigenvalue weighted by Gasteiger charge is 2.30. The molecule has 0 aliphatic rings. The Bertz CT molecular complexity index is 569. The van der Waals surface area contributed by atoms with Crippen LogP contribution in [0.4, 0.5) is 0 Å². The van der Waals surface area contributed by atoms with Crippen molar-refractivity contribution in [2.45, 2.75) is 25.0 Å². The van der Waals surface area contributed by atoms with E-state index >= 15 is 0 Å². The number of carbonyl (C=O) groups is 1. The molecule has 0 atom stereocenters. The lowest BCUT2D eigenvalue weighted by Gasteiger charge is -2.21. The molecule has 9 heteroatoms. The summed E-state index contributed by atoms with van der Waals surface area (Å²) in [5.41, 5.74) is 5.43. The van der Waals surface area contributed by atoms with E-state index in [0.717, 1.165) is 15.6 Å². The van der Waals surface area contributed by atoms with Crippen LogP contribution in [0.5, 0.6) is 0 Å². The summed E-state index contributed by atoms with van der Waals surface area (Å²) in [7, 11) is -3.80. The van der Waals surface area contributed by atoms with Crippen LogP contribution in [0.2, 0.25) is 4.47 Å². The fourth-order valence-corrected chi connectivity index (χ4v) is 4.98. The van der Waals surface area contributed by atoms with Gasteiger partial charge in [0.1, 0.15) is 0 Å². The molecule has 0 aliphatic carbocycles. The topological polar surface area (TPSA) is 93.4 Å². The van der Waals surface area contributed by atoms with Gasteiger partial charge in [0, 0.05) is 6.54 Å². The van der Waals surface area contributed by atoms with Crippen LogP contribution in [0.15, 0.2) is 4.21 Å². The summed E-state index contributed by atoms with van der Waals surface area (Å²) in [5, 5.41) is 0. The van der Waals surface area contributed by atoms with E-state index in [1.807, 2.05) is 13.8 Å². The van der Waals surface area contributed by atoms with E-state index in [0.29, 0.717) is 5.69 Å². The van der Waals surface area contributed by atoms with Gasteiger partial charge in [-0.25, -0.2) is 13.4 Å². The number of hydrogen-bond donors (Lipinski definition) is 1. The van der Waals surface area contributed by atoms with E-state index in [4.69, 9.17) is 17.3 Å². The molecule has 0 saturated carbocycles. The number of rotatable bonds is 6. The number of primary amides is 1. The molecule has 1 amide bonds. The number of halogens is 1. The standard InChI is InChI=1S/C10H16ClN3O3S2/c1-6(2)4-14(5-8(12)15)19(16,17)9-7(3)13-10(11)18-9/h6H,4-5H2,1-3H3,(H2,12,15). The zero-order valence-corrected chi connectivity index (χ0v) is 13.3. The predicted molar refractivity (Wildman–Crippen MR) is 74.7 cm³/mol. The number of amides is 1. The van der Waals surface area contributed by atoms with E-state index in [2.05, 4.69) is 4.98 Å². The van der Waals surface area contributed by atoms with Crippen molar-refractivity contribution < 1.29 is 13.2 Å². The number of sulfonamides is 1. The second-order valence-electron chi connectivity index (χ2n) is 4.50. The summed E-state index contributed by atoms with van der Waals surface area (Å²) in [6, 6.07) is 0. The highest BCUT2D eigenvalue weighted by atomic mass is 35.5. The Morgan fingerprint density at radius 1 is 1.53 bits per heavy atom. The van der Waals surface area contributed by atoms with Crippen LogP contribution in [0, 0.1) is 12.8 Å². The Morgan fingerprint density at radius 2 is 2.11 bits per heavy atom. The summed E-state index contributed by atoms with van der Waals surface area (Å²) in [6.45, 7) is 5.13. The summed E-state index contributed by atoms with van der Waals surface area (Å²) in [4.78, 5) is 14.9. The van der Waals surface area contributed by atoms with Crippen molar-refractivity contribution in [3.05, 3.63) is 10.2 Å². The second kappa shape index (κ2) is 6.17. The molecule has 1 aromatic rings. The van der Waals surface area contributed by atoms with Crippen molar-refractivity contribution in [3.8, 4) is 0 Å². The molecule has 0 radical (unpaired) electrons. The van der Waals surface area contributed by atoms with Crippen molar-refractivity contribution in [1.82, 2.24) is 9.29 Å². The Kier molecular flexibility index (Phi) is 5.31. The molecule has 0 spiro atoms. The van der Waals surface area contributed by atoms with Gasteiger partial charge < -0.3 is 5.73 Å². The molecule has 0 fully saturated rings. The number of thiazole rings is 1. The molecule has 0 aromatic carbocycles. The molecule has 2 N–H and O–H groups in total. The fraction of sp³-hybridized carbons (Fsp3) is 0.600. The molecule has 0 unspecified atom stereocenters. The molecule has 19 heavy (non-hydrogen) atoms. The van der Waals surface area contributed by atoms with Gasteiger partial charge in [0.15, 0.2) is 8.68 Å². The number of aromatic nitrogens is 1. The molecule has 0 saturated heterocycles. The first-order chi connectivity index (χ1) is 8.64. The van der Waals surface area contributed by atoms with Crippen LogP contribution in [-0.2, 0) is 14.8 Å². The largest absolute Gasteiger partial charge is 0.369 e. The zero-order chi connectivity index (χ0) is 14.8. The van der Waals surface area contributed by atoms with Crippen LogP contribution in [0.3, 0.4) is 0 Å². The van der Waals surface area contributed by atoms with Gasteiger partial charge in [-0.2, -0.15) is 4.31 Å². The van der Waals surface area contributed by atoms with Gasteiger partial charge >= 0.3 is 0 Å². The molecule has 1 aromatic heterocycles. The third-order valence-electron chi connectivity index (χ3n) is 2.20. The lowest BCUT2D eigenvalue weighted by atomic mass is 10.2. The maximum absolute atomic E-state index is 12.5. The quantitative estimate of drug-likeness (QED) is 0.851. The third kappa shape index (κ3) is 4.13. The summed E-state index contributed by atoms with van der Waals surface area (Å²) in [5.74, 6) is -0.629. The van der Waals surface area contributed by atoms with E-state index in [9.17, 15) is 13.2 Å². The van der Waals surface area contributed by atoms with E-state index < -0.39 is 15.9 Å². The van der Waals surface area contributed by atoms with E-state index in [-0.39, 0.29) is 27.7 Å². The maximum Gasteiger partial charge on any atom is 0.254 e. The SMILES string of the molecule is Cc1nc(Cl)sc1S(=O)(=O)N(CC(N)=O)CC(C)C. The van der Waals surface area contributed by atoms with Gasteiger partial charge in [-0.3, -0.25) is 4.79 Å². The van der Waals surface area contributed by atoms with Crippen LogP contribution in [-0.4, -0.2) is 36.7 Å². The molecule has 1 heterocycles.